The van der Waals surface area contributed by atoms with E-state index in [0.29, 0.717) is 5.56 Å². The molecular formula is C16H20ClN3O. The predicted octanol–water partition coefficient (Wildman–Crippen LogP) is 2.89. The first-order valence-electron chi connectivity index (χ1n) is 6.65. The highest BCUT2D eigenvalue weighted by molar-refractivity contribution is 5.85. The molecule has 0 amide bonds. The Balaban J connectivity index is 0.00000220. The van der Waals surface area contributed by atoms with Crippen LogP contribution in [-0.4, -0.2) is 32.1 Å². The lowest BCUT2D eigenvalue weighted by Gasteiger charge is -2.14. The van der Waals surface area contributed by atoms with E-state index in [9.17, 15) is 0 Å². The fourth-order valence-corrected chi connectivity index (χ4v) is 1.97. The number of furan rings is 1. The monoisotopic (exact) mass is 305 g/mol. The van der Waals surface area contributed by atoms with E-state index in [1.54, 1.807) is 12.1 Å². The quantitative estimate of drug-likeness (QED) is 0.891. The van der Waals surface area contributed by atoms with Gasteiger partial charge in [-0.1, -0.05) is 0 Å². The maximum Gasteiger partial charge on any atom is 0.134 e. The van der Waals surface area contributed by atoms with E-state index in [1.165, 1.54) is 0 Å². The van der Waals surface area contributed by atoms with Crippen LogP contribution in [0.5, 0.6) is 0 Å². The topological polar surface area (TPSA) is 52.2 Å². The summed E-state index contributed by atoms with van der Waals surface area (Å²) >= 11 is 0. The number of rotatable bonds is 6. The minimum absolute atomic E-state index is 0. The third kappa shape index (κ3) is 4.91. The van der Waals surface area contributed by atoms with Crippen molar-refractivity contribution in [1.29, 1.82) is 5.26 Å². The summed E-state index contributed by atoms with van der Waals surface area (Å²) in [6, 6.07) is 13.5. The summed E-state index contributed by atoms with van der Waals surface area (Å²) in [5.74, 6) is 1.79. The summed E-state index contributed by atoms with van der Waals surface area (Å²) in [4.78, 5) is 2.21. The van der Waals surface area contributed by atoms with Gasteiger partial charge in [0.05, 0.1) is 18.2 Å². The summed E-state index contributed by atoms with van der Waals surface area (Å²) < 4.78 is 5.85. The molecule has 2 rings (SSSR count). The van der Waals surface area contributed by atoms with Crippen LogP contribution in [0, 0.1) is 11.3 Å². The van der Waals surface area contributed by atoms with Gasteiger partial charge in [-0.15, -0.1) is 12.4 Å². The Morgan fingerprint density at radius 3 is 2.52 bits per heavy atom. The Morgan fingerprint density at radius 1 is 1.19 bits per heavy atom. The lowest BCUT2D eigenvalue weighted by Crippen LogP contribution is -2.26. The minimum atomic E-state index is 0. The second-order valence-electron chi connectivity index (χ2n) is 4.80. The van der Waals surface area contributed by atoms with Crippen molar-refractivity contribution in [3.63, 3.8) is 0 Å². The lowest BCUT2D eigenvalue weighted by molar-refractivity contribution is 0.298. The largest absolute Gasteiger partial charge is 0.460 e. The molecule has 1 aromatic carbocycles. The van der Waals surface area contributed by atoms with Crippen molar-refractivity contribution in [2.75, 3.05) is 27.2 Å². The molecule has 0 bridgehead atoms. The van der Waals surface area contributed by atoms with Gasteiger partial charge in [-0.05, 0) is 50.5 Å². The van der Waals surface area contributed by atoms with E-state index < -0.39 is 0 Å². The molecule has 1 aromatic heterocycles. The minimum Gasteiger partial charge on any atom is -0.460 e. The highest BCUT2D eigenvalue weighted by Crippen LogP contribution is 2.23. The molecule has 0 atom stereocenters. The van der Waals surface area contributed by atoms with Gasteiger partial charge in [0.1, 0.15) is 11.5 Å². The molecular weight excluding hydrogens is 286 g/mol. The van der Waals surface area contributed by atoms with Gasteiger partial charge in [0.15, 0.2) is 0 Å². The SMILES string of the molecule is CNCCN(C)Cc1ccc(-c2ccc(C#N)cc2)o1.Cl. The smallest absolute Gasteiger partial charge is 0.134 e. The van der Waals surface area contributed by atoms with E-state index in [2.05, 4.69) is 23.3 Å². The first kappa shape index (κ1) is 17.3. The second-order valence-corrected chi connectivity index (χ2v) is 4.80. The number of halogens is 1. The zero-order valence-electron chi connectivity index (χ0n) is 12.3. The van der Waals surface area contributed by atoms with E-state index in [-0.39, 0.29) is 12.4 Å². The molecule has 2 aromatic rings. The van der Waals surface area contributed by atoms with Crippen molar-refractivity contribution in [3.8, 4) is 17.4 Å². The number of likely N-dealkylation sites (N-methyl/N-ethyl adjacent to an activating group) is 2. The van der Waals surface area contributed by atoms with E-state index in [4.69, 9.17) is 9.68 Å². The van der Waals surface area contributed by atoms with Crippen molar-refractivity contribution in [1.82, 2.24) is 10.2 Å². The van der Waals surface area contributed by atoms with Gasteiger partial charge < -0.3 is 9.73 Å². The van der Waals surface area contributed by atoms with Crippen LogP contribution in [0.2, 0.25) is 0 Å². The molecule has 0 saturated heterocycles. The summed E-state index contributed by atoms with van der Waals surface area (Å²) in [6.45, 7) is 2.72. The van der Waals surface area contributed by atoms with Crippen LogP contribution in [0.4, 0.5) is 0 Å². The predicted molar refractivity (Wildman–Crippen MR) is 86.4 cm³/mol. The number of nitriles is 1. The molecule has 21 heavy (non-hydrogen) atoms. The number of hydrogen-bond acceptors (Lipinski definition) is 4. The van der Waals surface area contributed by atoms with Crippen molar-refractivity contribution in [2.45, 2.75) is 6.54 Å². The lowest BCUT2D eigenvalue weighted by atomic mass is 10.1. The van der Waals surface area contributed by atoms with Gasteiger partial charge in [0.25, 0.3) is 0 Å². The number of nitrogens with zero attached hydrogens (tertiary/aromatic N) is 2. The average molecular weight is 306 g/mol. The average Bonchev–Trinajstić information content (AvgIpc) is 2.93. The molecule has 0 spiro atoms. The molecule has 1 heterocycles. The number of benzene rings is 1. The summed E-state index contributed by atoms with van der Waals surface area (Å²) in [7, 11) is 4.02. The fraction of sp³-hybridized carbons (Fsp3) is 0.312. The van der Waals surface area contributed by atoms with Crippen LogP contribution >= 0.6 is 12.4 Å². The Morgan fingerprint density at radius 2 is 1.90 bits per heavy atom. The summed E-state index contributed by atoms with van der Waals surface area (Å²) in [5, 5.41) is 11.9. The van der Waals surface area contributed by atoms with Crippen LogP contribution in [-0.2, 0) is 6.54 Å². The first-order valence-corrected chi connectivity index (χ1v) is 6.65. The van der Waals surface area contributed by atoms with Crippen LogP contribution in [0.1, 0.15) is 11.3 Å². The van der Waals surface area contributed by atoms with Crippen molar-refractivity contribution >= 4 is 12.4 Å². The molecule has 0 unspecified atom stereocenters. The highest BCUT2D eigenvalue weighted by atomic mass is 35.5. The van der Waals surface area contributed by atoms with E-state index in [0.717, 1.165) is 36.7 Å². The molecule has 112 valence electrons. The standard InChI is InChI=1S/C16H19N3O.ClH/c1-18-9-10-19(2)12-15-7-8-16(20-15)14-5-3-13(11-17)4-6-14;/h3-8,18H,9-10,12H2,1-2H3;1H. The van der Waals surface area contributed by atoms with Gasteiger partial charge in [-0.3, -0.25) is 4.90 Å². The maximum atomic E-state index is 8.79. The van der Waals surface area contributed by atoms with Crippen LogP contribution in [0.15, 0.2) is 40.8 Å². The summed E-state index contributed by atoms with van der Waals surface area (Å²) in [6.07, 6.45) is 0. The molecule has 1 N–H and O–H groups in total. The molecule has 0 saturated carbocycles. The second kappa shape index (κ2) is 8.48. The number of nitrogens with one attached hydrogen (secondary N) is 1. The van der Waals surface area contributed by atoms with Gasteiger partial charge in [-0.25, -0.2) is 0 Å². The normalized spacial score (nSPS) is 10.2. The van der Waals surface area contributed by atoms with Gasteiger partial charge >= 0.3 is 0 Å². The Kier molecular flexibility index (Phi) is 6.97. The van der Waals surface area contributed by atoms with Crippen LogP contribution in [0.25, 0.3) is 11.3 Å². The molecule has 4 nitrogen and oxygen atoms in total. The molecule has 0 fully saturated rings. The third-order valence-corrected chi connectivity index (χ3v) is 3.13. The number of hydrogen-bond donors (Lipinski definition) is 1. The van der Waals surface area contributed by atoms with Crippen LogP contribution in [0.3, 0.4) is 0 Å². The Bertz CT molecular complexity index is 586. The maximum absolute atomic E-state index is 8.79. The van der Waals surface area contributed by atoms with E-state index >= 15 is 0 Å². The first-order chi connectivity index (χ1) is 9.72. The van der Waals surface area contributed by atoms with Crippen molar-refractivity contribution in [3.05, 3.63) is 47.7 Å². The highest BCUT2D eigenvalue weighted by Gasteiger charge is 2.07. The van der Waals surface area contributed by atoms with Gasteiger partial charge in [-0.2, -0.15) is 5.26 Å². The van der Waals surface area contributed by atoms with Gasteiger partial charge in [0, 0.05) is 18.7 Å². The Hall–Kier alpha value is -1.80. The molecule has 0 aliphatic carbocycles. The van der Waals surface area contributed by atoms with Crippen LogP contribution < -0.4 is 5.32 Å². The third-order valence-electron chi connectivity index (χ3n) is 3.13. The molecule has 0 aliphatic heterocycles. The molecule has 0 aliphatic rings. The molecule has 5 heteroatoms. The van der Waals surface area contributed by atoms with Gasteiger partial charge in [0.2, 0.25) is 0 Å². The molecule has 0 radical (unpaired) electrons. The van der Waals surface area contributed by atoms with Crippen molar-refractivity contribution in [2.24, 2.45) is 0 Å². The van der Waals surface area contributed by atoms with E-state index in [1.807, 2.05) is 31.3 Å². The van der Waals surface area contributed by atoms with Crippen molar-refractivity contribution < 1.29 is 4.42 Å². The fourth-order valence-electron chi connectivity index (χ4n) is 1.97. The summed E-state index contributed by atoms with van der Waals surface area (Å²) in [5.41, 5.74) is 1.65. The Labute approximate surface area is 131 Å². The zero-order chi connectivity index (χ0) is 14.4. The zero-order valence-corrected chi connectivity index (χ0v) is 13.1.